The number of benzene rings is 2. The molecule has 1 heterocycles. The smallest absolute Gasteiger partial charge is 0.282 e. The minimum atomic E-state index is -0.822. The molecule has 3 amide bonds. The van der Waals surface area contributed by atoms with Gasteiger partial charge in [-0.25, -0.2) is 0 Å². The third kappa shape index (κ3) is 5.53. The molecule has 0 aliphatic carbocycles. The molecule has 0 atom stereocenters. The first-order valence-electron chi connectivity index (χ1n) is 9.00. The maximum atomic E-state index is 12.6. The molecule has 1 saturated heterocycles. The molecule has 0 aromatic heterocycles. The number of thioether (sulfide) groups is 1. The molecule has 0 radical (unpaired) electrons. The molecule has 11 heteroatoms. The predicted octanol–water partition coefficient (Wildman–Crippen LogP) is 2.65. The minimum Gasteiger partial charge on any atom is -0.292 e. The fourth-order valence-corrected chi connectivity index (χ4v) is 4.00. The summed E-state index contributed by atoms with van der Waals surface area (Å²) in [5, 5.41) is 11.0. The normalized spacial score (nSPS) is 14.6. The Balaban J connectivity index is 1.53. The van der Waals surface area contributed by atoms with Crippen LogP contribution in [-0.2, 0) is 9.59 Å². The van der Waals surface area contributed by atoms with Crippen LogP contribution in [0.4, 0.5) is 5.69 Å². The molecule has 0 spiro atoms. The van der Waals surface area contributed by atoms with Crippen LogP contribution in [0.15, 0.2) is 59.5 Å². The van der Waals surface area contributed by atoms with E-state index in [2.05, 4.69) is 10.9 Å². The molecule has 0 unspecified atom stereocenters. The Morgan fingerprint density at radius 1 is 1.10 bits per heavy atom. The van der Waals surface area contributed by atoms with Gasteiger partial charge in [-0.2, -0.15) is 0 Å². The zero-order valence-corrected chi connectivity index (χ0v) is 17.6. The summed E-state index contributed by atoms with van der Waals surface area (Å²) in [5.74, 6) is -1.69. The van der Waals surface area contributed by atoms with Crippen LogP contribution < -0.4 is 10.9 Å². The number of nitro groups is 1. The quantitative estimate of drug-likeness (QED) is 0.297. The van der Waals surface area contributed by atoms with Crippen LogP contribution >= 0.6 is 24.0 Å². The second-order valence-electron chi connectivity index (χ2n) is 6.27. The molecule has 31 heavy (non-hydrogen) atoms. The number of para-hydroxylation sites is 1. The highest BCUT2D eigenvalue weighted by Gasteiger charge is 2.32. The highest BCUT2D eigenvalue weighted by Crippen LogP contribution is 2.32. The Bertz CT molecular complexity index is 1090. The van der Waals surface area contributed by atoms with Crippen molar-refractivity contribution in [2.24, 2.45) is 0 Å². The van der Waals surface area contributed by atoms with Crippen molar-refractivity contribution in [2.75, 3.05) is 6.54 Å². The summed E-state index contributed by atoms with van der Waals surface area (Å²) in [6.45, 7) is 0.0317. The van der Waals surface area contributed by atoms with Crippen LogP contribution in [0.1, 0.15) is 22.3 Å². The number of nitrogens with zero attached hydrogens (tertiary/aromatic N) is 2. The lowest BCUT2D eigenvalue weighted by Crippen LogP contribution is -2.43. The van der Waals surface area contributed by atoms with Gasteiger partial charge in [0.15, 0.2) is 0 Å². The van der Waals surface area contributed by atoms with Crippen molar-refractivity contribution < 1.29 is 19.3 Å². The highest BCUT2D eigenvalue weighted by molar-refractivity contribution is 8.26. The average Bonchev–Trinajstić information content (AvgIpc) is 3.03. The Labute approximate surface area is 186 Å². The van der Waals surface area contributed by atoms with E-state index in [-0.39, 0.29) is 30.1 Å². The van der Waals surface area contributed by atoms with E-state index in [9.17, 15) is 24.5 Å². The molecular weight excluding hydrogens is 440 g/mol. The lowest BCUT2D eigenvalue weighted by molar-refractivity contribution is -0.385. The zero-order valence-electron chi connectivity index (χ0n) is 15.9. The largest absolute Gasteiger partial charge is 0.292 e. The zero-order chi connectivity index (χ0) is 22.4. The van der Waals surface area contributed by atoms with Gasteiger partial charge in [-0.15, -0.1) is 0 Å². The number of carbonyl (C=O) groups excluding carboxylic acids is 3. The SMILES string of the molecule is O=C(CCN1C(=O)/C(=C/c2ccccc2)SC1=S)NNC(=O)c1ccccc1[N+](=O)[O-]. The fraction of sp³-hybridized carbons (Fsp3) is 0.100. The van der Waals surface area contributed by atoms with Crippen molar-refractivity contribution >= 4 is 57.8 Å². The van der Waals surface area contributed by atoms with E-state index in [0.29, 0.717) is 9.23 Å². The summed E-state index contributed by atoms with van der Waals surface area (Å²) in [7, 11) is 0. The minimum absolute atomic E-state index is 0.0317. The predicted molar refractivity (Wildman–Crippen MR) is 120 cm³/mol. The van der Waals surface area contributed by atoms with Gasteiger partial charge >= 0.3 is 0 Å². The summed E-state index contributed by atoms with van der Waals surface area (Å²) in [5.41, 5.74) is 4.62. The molecule has 2 N–H and O–H groups in total. The number of hydrazine groups is 1. The maximum Gasteiger partial charge on any atom is 0.282 e. The number of nitro benzene ring substituents is 1. The van der Waals surface area contributed by atoms with E-state index in [1.54, 1.807) is 6.08 Å². The molecule has 1 fully saturated rings. The third-order valence-electron chi connectivity index (χ3n) is 4.19. The van der Waals surface area contributed by atoms with E-state index >= 15 is 0 Å². The Morgan fingerprint density at radius 2 is 1.77 bits per heavy atom. The van der Waals surface area contributed by atoms with E-state index in [4.69, 9.17) is 12.2 Å². The summed E-state index contributed by atoms with van der Waals surface area (Å²) < 4.78 is 0.337. The summed E-state index contributed by atoms with van der Waals surface area (Å²) >= 11 is 6.39. The molecule has 1 aliphatic heterocycles. The van der Waals surface area contributed by atoms with E-state index in [1.807, 2.05) is 30.3 Å². The van der Waals surface area contributed by atoms with Crippen molar-refractivity contribution in [1.82, 2.24) is 15.8 Å². The highest BCUT2D eigenvalue weighted by atomic mass is 32.2. The fourth-order valence-electron chi connectivity index (χ4n) is 2.69. The Morgan fingerprint density at radius 3 is 2.48 bits per heavy atom. The Kier molecular flexibility index (Phi) is 7.11. The van der Waals surface area contributed by atoms with Crippen LogP contribution in [0.25, 0.3) is 6.08 Å². The van der Waals surface area contributed by atoms with Crippen molar-refractivity contribution in [3.05, 3.63) is 80.7 Å². The molecule has 0 bridgehead atoms. The number of nitrogens with one attached hydrogen (secondary N) is 2. The second-order valence-corrected chi connectivity index (χ2v) is 7.95. The molecule has 2 aromatic carbocycles. The monoisotopic (exact) mass is 456 g/mol. The molecule has 1 aliphatic rings. The van der Waals surface area contributed by atoms with Crippen molar-refractivity contribution in [3.63, 3.8) is 0 Å². The van der Waals surface area contributed by atoms with Crippen LogP contribution in [0.2, 0.25) is 0 Å². The van der Waals surface area contributed by atoms with Gasteiger partial charge < -0.3 is 0 Å². The van der Waals surface area contributed by atoms with Crippen molar-refractivity contribution in [3.8, 4) is 0 Å². The van der Waals surface area contributed by atoms with Crippen molar-refractivity contribution in [2.45, 2.75) is 6.42 Å². The first kappa shape index (κ1) is 22.1. The van der Waals surface area contributed by atoms with Gasteiger partial charge in [0, 0.05) is 19.0 Å². The first-order chi connectivity index (χ1) is 14.9. The number of hydrogen-bond donors (Lipinski definition) is 2. The third-order valence-corrected chi connectivity index (χ3v) is 5.57. The number of thiocarbonyl (C=S) groups is 1. The summed E-state index contributed by atoms with van der Waals surface area (Å²) in [6, 6.07) is 14.7. The second kappa shape index (κ2) is 9.96. The molecule has 158 valence electrons. The van der Waals surface area contributed by atoms with E-state index in [1.165, 1.54) is 29.2 Å². The van der Waals surface area contributed by atoms with Crippen LogP contribution in [0, 0.1) is 10.1 Å². The molecule has 2 aromatic rings. The first-order valence-corrected chi connectivity index (χ1v) is 10.2. The topological polar surface area (TPSA) is 122 Å². The molecule has 9 nitrogen and oxygen atoms in total. The number of amides is 3. The maximum absolute atomic E-state index is 12.6. The molecule has 3 rings (SSSR count). The van der Waals surface area contributed by atoms with Crippen molar-refractivity contribution in [1.29, 1.82) is 0 Å². The van der Waals surface area contributed by atoms with Gasteiger partial charge in [-0.1, -0.05) is 66.4 Å². The number of hydrogen-bond acceptors (Lipinski definition) is 7. The van der Waals surface area contributed by atoms with Gasteiger partial charge in [-0.3, -0.25) is 40.2 Å². The summed E-state index contributed by atoms with van der Waals surface area (Å²) in [6.07, 6.45) is 1.61. The Hall–Kier alpha value is -3.57. The summed E-state index contributed by atoms with van der Waals surface area (Å²) in [4.78, 5) is 48.9. The van der Waals surface area contributed by atoms with Crippen LogP contribution in [-0.4, -0.2) is 38.4 Å². The lowest BCUT2D eigenvalue weighted by atomic mass is 10.2. The van der Waals surface area contributed by atoms with Gasteiger partial charge in [0.1, 0.15) is 9.88 Å². The number of carbonyl (C=O) groups is 3. The number of rotatable bonds is 6. The average molecular weight is 457 g/mol. The van der Waals surface area contributed by atoms with E-state index < -0.39 is 16.7 Å². The molecular formula is C20H16N4O5S2. The van der Waals surface area contributed by atoms with Gasteiger partial charge in [-0.05, 0) is 17.7 Å². The van der Waals surface area contributed by atoms with Crippen LogP contribution in [0.5, 0.6) is 0 Å². The lowest BCUT2D eigenvalue weighted by Gasteiger charge is -2.14. The van der Waals surface area contributed by atoms with Crippen LogP contribution in [0.3, 0.4) is 0 Å². The van der Waals surface area contributed by atoms with Gasteiger partial charge in [0.2, 0.25) is 5.91 Å². The van der Waals surface area contributed by atoms with Gasteiger partial charge in [0.25, 0.3) is 17.5 Å². The molecule has 0 saturated carbocycles. The van der Waals surface area contributed by atoms with Gasteiger partial charge in [0.05, 0.1) is 9.83 Å². The van der Waals surface area contributed by atoms with E-state index in [0.717, 1.165) is 17.3 Å². The standard InChI is InChI=1S/C20H16N4O5S2/c25-17(21-22-18(26)14-8-4-5-9-15(14)24(28)29)10-11-23-19(27)16(31-20(23)30)12-13-6-2-1-3-7-13/h1-9,12H,10-11H2,(H,21,25)(H,22,26)/b16-12-.